The lowest BCUT2D eigenvalue weighted by Crippen LogP contribution is -2.09. The molecule has 0 spiro atoms. The van der Waals surface area contributed by atoms with Crippen LogP contribution >= 0.6 is 11.6 Å². The van der Waals surface area contributed by atoms with Crippen molar-refractivity contribution in [1.82, 2.24) is 10.2 Å². The fraction of sp³-hybridized carbons (Fsp3) is 0.600. The largest absolute Gasteiger partial charge is 0.381 e. The van der Waals surface area contributed by atoms with Gasteiger partial charge >= 0.3 is 0 Å². The molecule has 1 fully saturated rings. The Kier molecular flexibility index (Phi) is 3.88. The Balaban J connectivity index is 1.71. The van der Waals surface area contributed by atoms with E-state index < -0.39 is 0 Å². The molecule has 2 rings (SSSR count). The van der Waals surface area contributed by atoms with Crippen LogP contribution in [-0.2, 0) is 16.1 Å². The maximum absolute atomic E-state index is 5.62. The van der Waals surface area contributed by atoms with Crippen molar-refractivity contribution in [1.29, 1.82) is 0 Å². The summed E-state index contributed by atoms with van der Waals surface area (Å²) in [5.74, 6) is 0.533. The molecule has 0 radical (unpaired) electrons. The highest BCUT2D eigenvalue weighted by Crippen LogP contribution is 2.13. The quantitative estimate of drug-likeness (QED) is 0.787. The Labute approximate surface area is 93.6 Å². The van der Waals surface area contributed by atoms with E-state index in [9.17, 15) is 0 Å². The summed E-state index contributed by atoms with van der Waals surface area (Å²) in [5.41, 5.74) is 0.804. The number of aromatic nitrogens is 2. The van der Waals surface area contributed by atoms with Crippen LogP contribution in [0.5, 0.6) is 0 Å². The van der Waals surface area contributed by atoms with Crippen LogP contribution in [0.2, 0.25) is 5.15 Å². The summed E-state index contributed by atoms with van der Waals surface area (Å²) in [4.78, 5) is 0. The maximum Gasteiger partial charge on any atom is 0.151 e. The van der Waals surface area contributed by atoms with Gasteiger partial charge in [-0.05, 0) is 18.6 Å². The second-order valence-electron chi connectivity index (χ2n) is 3.59. The van der Waals surface area contributed by atoms with Gasteiger partial charge in [0, 0.05) is 12.5 Å². The average molecular weight is 229 g/mol. The van der Waals surface area contributed by atoms with Gasteiger partial charge < -0.3 is 9.47 Å². The van der Waals surface area contributed by atoms with E-state index in [4.69, 9.17) is 21.1 Å². The summed E-state index contributed by atoms with van der Waals surface area (Å²) in [5, 5.41) is 8.05. The molecule has 2 heterocycles. The topological polar surface area (TPSA) is 44.2 Å². The van der Waals surface area contributed by atoms with E-state index in [2.05, 4.69) is 10.2 Å². The lowest BCUT2D eigenvalue weighted by atomic mass is 10.1. The first-order chi connectivity index (χ1) is 7.34. The predicted molar refractivity (Wildman–Crippen MR) is 55.6 cm³/mol. The number of nitrogens with zero attached hydrogens (tertiary/aromatic N) is 2. The van der Waals surface area contributed by atoms with E-state index >= 15 is 0 Å². The number of rotatable bonds is 4. The molecule has 1 aromatic rings. The Bertz CT molecular complexity index is 299. The molecular weight excluding hydrogens is 216 g/mol. The predicted octanol–water partition coefficient (Wildman–Crippen LogP) is 1.68. The van der Waals surface area contributed by atoms with E-state index in [1.165, 1.54) is 0 Å². The zero-order valence-corrected chi connectivity index (χ0v) is 9.11. The molecule has 1 aliphatic heterocycles. The second kappa shape index (κ2) is 5.39. The molecule has 1 atom stereocenters. The molecule has 1 aromatic heterocycles. The zero-order valence-electron chi connectivity index (χ0n) is 8.36. The standard InChI is InChI=1S/C10H13ClN2O2/c11-10-2-1-9(12-13-10)7-15-6-8-3-4-14-5-8/h1-2,8H,3-7H2. The Hall–Kier alpha value is -0.710. The summed E-state index contributed by atoms with van der Waals surface area (Å²) in [6.45, 7) is 2.88. The lowest BCUT2D eigenvalue weighted by Gasteiger charge is -2.07. The molecule has 5 heteroatoms. The van der Waals surface area contributed by atoms with Gasteiger partial charge in [0.25, 0.3) is 0 Å². The number of hydrogen-bond donors (Lipinski definition) is 0. The van der Waals surface area contributed by atoms with E-state index in [0.29, 0.717) is 17.7 Å². The van der Waals surface area contributed by atoms with E-state index in [1.807, 2.05) is 6.07 Å². The molecule has 0 bridgehead atoms. The highest BCUT2D eigenvalue weighted by Gasteiger charge is 2.15. The fourth-order valence-electron chi connectivity index (χ4n) is 1.47. The molecule has 4 nitrogen and oxygen atoms in total. The van der Waals surface area contributed by atoms with Crippen molar-refractivity contribution in [2.45, 2.75) is 13.0 Å². The first-order valence-corrected chi connectivity index (χ1v) is 5.36. The first kappa shape index (κ1) is 10.8. The van der Waals surface area contributed by atoms with Crippen molar-refractivity contribution < 1.29 is 9.47 Å². The van der Waals surface area contributed by atoms with Crippen LogP contribution in [0.1, 0.15) is 12.1 Å². The van der Waals surface area contributed by atoms with Crippen molar-refractivity contribution in [3.05, 3.63) is 23.0 Å². The molecule has 1 unspecified atom stereocenters. The van der Waals surface area contributed by atoms with Gasteiger partial charge in [0.15, 0.2) is 5.15 Å². The molecule has 0 aromatic carbocycles. The van der Waals surface area contributed by atoms with Crippen LogP contribution in [0, 0.1) is 5.92 Å². The molecule has 0 saturated carbocycles. The Morgan fingerprint density at radius 1 is 1.47 bits per heavy atom. The summed E-state index contributed by atoms with van der Waals surface area (Å²) in [6, 6.07) is 3.53. The van der Waals surface area contributed by atoms with Crippen molar-refractivity contribution >= 4 is 11.6 Å². The van der Waals surface area contributed by atoms with Gasteiger partial charge in [-0.1, -0.05) is 11.6 Å². The highest BCUT2D eigenvalue weighted by atomic mass is 35.5. The third-order valence-electron chi connectivity index (χ3n) is 2.31. The Morgan fingerprint density at radius 3 is 3.07 bits per heavy atom. The summed E-state index contributed by atoms with van der Waals surface area (Å²) in [7, 11) is 0. The molecular formula is C10H13ClN2O2. The smallest absolute Gasteiger partial charge is 0.151 e. The number of hydrogen-bond acceptors (Lipinski definition) is 4. The second-order valence-corrected chi connectivity index (χ2v) is 3.98. The van der Waals surface area contributed by atoms with E-state index in [0.717, 1.165) is 31.9 Å². The summed E-state index contributed by atoms with van der Waals surface area (Å²) < 4.78 is 10.8. The van der Waals surface area contributed by atoms with Crippen LogP contribution in [0.3, 0.4) is 0 Å². The third-order valence-corrected chi connectivity index (χ3v) is 2.52. The van der Waals surface area contributed by atoms with Gasteiger partial charge in [0.05, 0.1) is 25.5 Å². The number of ether oxygens (including phenoxy) is 2. The molecule has 1 aliphatic rings. The molecule has 1 saturated heterocycles. The van der Waals surface area contributed by atoms with Gasteiger partial charge in [-0.15, -0.1) is 5.10 Å². The zero-order chi connectivity index (χ0) is 10.5. The minimum absolute atomic E-state index is 0.406. The Morgan fingerprint density at radius 2 is 2.40 bits per heavy atom. The SMILES string of the molecule is Clc1ccc(COCC2CCOC2)nn1. The van der Waals surface area contributed by atoms with Crippen LogP contribution in [0.4, 0.5) is 0 Å². The van der Waals surface area contributed by atoms with Crippen LogP contribution in [-0.4, -0.2) is 30.0 Å². The van der Waals surface area contributed by atoms with Gasteiger partial charge in [-0.25, -0.2) is 0 Å². The van der Waals surface area contributed by atoms with Crippen molar-refractivity contribution in [2.24, 2.45) is 5.92 Å². The van der Waals surface area contributed by atoms with Crippen molar-refractivity contribution in [3.8, 4) is 0 Å². The monoisotopic (exact) mass is 228 g/mol. The van der Waals surface area contributed by atoms with Crippen LogP contribution in [0.25, 0.3) is 0 Å². The molecule has 0 amide bonds. The lowest BCUT2D eigenvalue weighted by molar-refractivity contribution is 0.0769. The molecule has 15 heavy (non-hydrogen) atoms. The van der Waals surface area contributed by atoms with E-state index in [-0.39, 0.29) is 0 Å². The molecule has 0 aliphatic carbocycles. The molecule has 0 N–H and O–H groups in total. The minimum atomic E-state index is 0.406. The maximum atomic E-state index is 5.62. The van der Waals surface area contributed by atoms with Crippen molar-refractivity contribution in [2.75, 3.05) is 19.8 Å². The summed E-state index contributed by atoms with van der Waals surface area (Å²) >= 11 is 5.62. The van der Waals surface area contributed by atoms with Gasteiger partial charge in [-0.3, -0.25) is 0 Å². The fourth-order valence-corrected chi connectivity index (χ4v) is 1.57. The molecule has 82 valence electrons. The highest BCUT2D eigenvalue weighted by molar-refractivity contribution is 6.29. The van der Waals surface area contributed by atoms with Crippen molar-refractivity contribution in [3.63, 3.8) is 0 Å². The first-order valence-electron chi connectivity index (χ1n) is 4.98. The summed E-state index contributed by atoms with van der Waals surface area (Å²) in [6.07, 6.45) is 1.09. The third kappa shape index (κ3) is 3.41. The van der Waals surface area contributed by atoms with Gasteiger partial charge in [-0.2, -0.15) is 5.10 Å². The average Bonchev–Trinajstić information content (AvgIpc) is 2.74. The number of halogens is 1. The van der Waals surface area contributed by atoms with Crippen LogP contribution in [0.15, 0.2) is 12.1 Å². The normalized spacial score (nSPS) is 20.7. The van der Waals surface area contributed by atoms with Gasteiger partial charge in [0.1, 0.15) is 0 Å². The van der Waals surface area contributed by atoms with E-state index in [1.54, 1.807) is 6.07 Å². The van der Waals surface area contributed by atoms with Gasteiger partial charge in [0.2, 0.25) is 0 Å². The van der Waals surface area contributed by atoms with Crippen LogP contribution < -0.4 is 0 Å². The minimum Gasteiger partial charge on any atom is -0.381 e.